The maximum Gasteiger partial charge on any atom is 0.0580 e. The fourth-order valence-corrected chi connectivity index (χ4v) is 4.55. The van der Waals surface area contributed by atoms with Crippen LogP contribution in [0.25, 0.3) is 0 Å². The molecular formula is C19H37NO. The minimum atomic E-state index is -0.0768. The van der Waals surface area contributed by atoms with Crippen molar-refractivity contribution in [1.82, 2.24) is 4.90 Å². The van der Waals surface area contributed by atoms with Gasteiger partial charge in [0.05, 0.1) is 6.10 Å². The largest absolute Gasteiger partial charge is 0.393 e. The average molecular weight is 296 g/mol. The van der Waals surface area contributed by atoms with Gasteiger partial charge in [0, 0.05) is 12.6 Å². The monoisotopic (exact) mass is 295 g/mol. The van der Waals surface area contributed by atoms with Gasteiger partial charge in [0.1, 0.15) is 0 Å². The molecule has 2 saturated carbocycles. The van der Waals surface area contributed by atoms with Gasteiger partial charge in [0.2, 0.25) is 0 Å². The Morgan fingerprint density at radius 3 is 2.38 bits per heavy atom. The lowest BCUT2D eigenvalue weighted by Gasteiger charge is -2.43. The van der Waals surface area contributed by atoms with Gasteiger partial charge in [-0.05, 0) is 62.3 Å². The van der Waals surface area contributed by atoms with E-state index in [-0.39, 0.29) is 6.10 Å². The van der Waals surface area contributed by atoms with E-state index < -0.39 is 0 Å². The molecule has 0 spiro atoms. The van der Waals surface area contributed by atoms with Gasteiger partial charge in [-0.1, -0.05) is 40.5 Å². The molecule has 0 aromatic rings. The Morgan fingerprint density at radius 1 is 1.05 bits per heavy atom. The lowest BCUT2D eigenvalue weighted by Crippen LogP contribution is -2.44. The molecule has 124 valence electrons. The van der Waals surface area contributed by atoms with Crippen LogP contribution in [0.1, 0.15) is 72.6 Å². The van der Waals surface area contributed by atoms with Crippen molar-refractivity contribution >= 4 is 0 Å². The van der Waals surface area contributed by atoms with E-state index in [1.165, 1.54) is 38.5 Å². The predicted octanol–water partition coefficient (Wildman–Crippen LogP) is 4.32. The van der Waals surface area contributed by atoms with E-state index in [1.807, 2.05) is 0 Å². The summed E-state index contributed by atoms with van der Waals surface area (Å²) in [4.78, 5) is 2.56. The first-order chi connectivity index (χ1) is 9.77. The molecule has 5 atom stereocenters. The average Bonchev–Trinajstić information content (AvgIpc) is 2.40. The Kier molecular flexibility index (Phi) is 5.76. The second kappa shape index (κ2) is 7.00. The van der Waals surface area contributed by atoms with Gasteiger partial charge in [0.25, 0.3) is 0 Å². The molecule has 0 saturated heterocycles. The number of aliphatic hydroxyl groups is 1. The second-order valence-corrected chi connectivity index (χ2v) is 9.07. The van der Waals surface area contributed by atoms with E-state index in [2.05, 4.69) is 39.6 Å². The maximum atomic E-state index is 10.4. The molecule has 0 aliphatic heterocycles. The van der Waals surface area contributed by atoms with Crippen molar-refractivity contribution in [3.8, 4) is 0 Å². The maximum absolute atomic E-state index is 10.4. The van der Waals surface area contributed by atoms with Crippen molar-refractivity contribution in [2.45, 2.75) is 84.8 Å². The summed E-state index contributed by atoms with van der Waals surface area (Å²) in [7, 11) is 2.29. The van der Waals surface area contributed by atoms with Gasteiger partial charge < -0.3 is 10.0 Å². The Balaban J connectivity index is 1.90. The zero-order valence-electron chi connectivity index (χ0n) is 14.9. The van der Waals surface area contributed by atoms with E-state index in [9.17, 15) is 5.11 Å². The summed E-state index contributed by atoms with van der Waals surface area (Å²) in [5, 5.41) is 10.4. The highest BCUT2D eigenvalue weighted by Crippen LogP contribution is 2.41. The highest BCUT2D eigenvalue weighted by atomic mass is 16.3. The summed E-state index contributed by atoms with van der Waals surface area (Å²) in [5.41, 5.74) is 0.385. The molecule has 0 aromatic carbocycles. The second-order valence-electron chi connectivity index (χ2n) is 9.07. The number of rotatable bonds is 3. The molecule has 2 aliphatic rings. The summed E-state index contributed by atoms with van der Waals surface area (Å²) in [6, 6.07) is 0.746. The Morgan fingerprint density at radius 2 is 1.76 bits per heavy atom. The molecule has 2 fully saturated rings. The van der Waals surface area contributed by atoms with E-state index in [4.69, 9.17) is 0 Å². The van der Waals surface area contributed by atoms with Gasteiger partial charge in [-0.25, -0.2) is 0 Å². The third-order valence-electron chi connectivity index (χ3n) is 6.22. The Bertz CT molecular complexity index is 322. The molecule has 5 unspecified atom stereocenters. The fraction of sp³-hybridized carbons (Fsp3) is 1.00. The van der Waals surface area contributed by atoms with Gasteiger partial charge in [-0.2, -0.15) is 0 Å². The first-order valence-electron chi connectivity index (χ1n) is 9.15. The highest BCUT2D eigenvalue weighted by Gasteiger charge is 2.36. The summed E-state index contributed by atoms with van der Waals surface area (Å²) in [5.74, 6) is 2.12. The topological polar surface area (TPSA) is 23.5 Å². The van der Waals surface area contributed by atoms with Crippen LogP contribution in [-0.4, -0.2) is 35.7 Å². The standard InChI is InChI=1S/C19H37NO/c1-14-7-6-8-17(11-14)20(5)13-15-12-16(19(2,3)4)9-10-18(15)21/h14-18,21H,6-13H2,1-5H3. The van der Waals surface area contributed by atoms with Crippen molar-refractivity contribution in [3.05, 3.63) is 0 Å². The van der Waals surface area contributed by atoms with Crippen molar-refractivity contribution in [2.75, 3.05) is 13.6 Å². The van der Waals surface area contributed by atoms with Crippen LogP contribution in [0.5, 0.6) is 0 Å². The van der Waals surface area contributed by atoms with E-state index >= 15 is 0 Å². The number of hydrogen-bond donors (Lipinski definition) is 1. The third-order valence-corrected chi connectivity index (χ3v) is 6.22. The van der Waals surface area contributed by atoms with Crippen molar-refractivity contribution in [2.24, 2.45) is 23.2 Å². The molecule has 0 radical (unpaired) electrons. The first kappa shape index (κ1) is 17.3. The minimum absolute atomic E-state index is 0.0768. The zero-order valence-corrected chi connectivity index (χ0v) is 14.9. The van der Waals surface area contributed by atoms with Crippen LogP contribution in [-0.2, 0) is 0 Å². The minimum Gasteiger partial charge on any atom is -0.393 e. The van der Waals surface area contributed by atoms with Crippen LogP contribution >= 0.6 is 0 Å². The molecule has 21 heavy (non-hydrogen) atoms. The number of nitrogens with zero attached hydrogens (tertiary/aromatic N) is 1. The molecule has 2 heteroatoms. The molecule has 0 bridgehead atoms. The van der Waals surface area contributed by atoms with Crippen molar-refractivity contribution in [1.29, 1.82) is 0 Å². The number of hydrogen-bond acceptors (Lipinski definition) is 2. The van der Waals surface area contributed by atoms with Crippen LogP contribution in [0.2, 0.25) is 0 Å². The number of aliphatic hydroxyl groups excluding tert-OH is 1. The molecular weight excluding hydrogens is 258 g/mol. The SMILES string of the molecule is CC1CCCC(N(C)CC2CC(C(C)(C)C)CCC2O)C1. The third kappa shape index (κ3) is 4.69. The molecule has 0 aromatic heterocycles. The summed E-state index contributed by atoms with van der Waals surface area (Å²) >= 11 is 0. The molecule has 0 amide bonds. The normalized spacial score (nSPS) is 38.7. The van der Waals surface area contributed by atoms with Crippen LogP contribution in [0.15, 0.2) is 0 Å². The Labute approximate surface area is 132 Å². The smallest absolute Gasteiger partial charge is 0.0580 e. The molecule has 1 N–H and O–H groups in total. The van der Waals surface area contributed by atoms with Gasteiger partial charge in [0.15, 0.2) is 0 Å². The zero-order chi connectivity index (χ0) is 15.6. The van der Waals surface area contributed by atoms with Crippen LogP contribution in [0, 0.1) is 23.2 Å². The quantitative estimate of drug-likeness (QED) is 0.838. The predicted molar refractivity (Wildman–Crippen MR) is 90.3 cm³/mol. The van der Waals surface area contributed by atoms with Gasteiger partial charge in [-0.3, -0.25) is 0 Å². The summed E-state index contributed by atoms with van der Waals surface area (Å²) in [6.45, 7) is 10.6. The van der Waals surface area contributed by atoms with E-state index in [0.717, 1.165) is 30.8 Å². The molecule has 2 aliphatic carbocycles. The Hall–Kier alpha value is -0.0800. The van der Waals surface area contributed by atoms with Crippen LogP contribution in [0.3, 0.4) is 0 Å². The van der Waals surface area contributed by atoms with Crippen LogP contribution in [0.4, 0.5) is 0 Å². The van der Waals surface area contributed by atoms with Crippen molar-refractivity contribution in [3.63, 3.8) is 0 Å². The lowest BCUT2D eigenvalue weighted by molar-refractivity contribution is -0.00238. The first-order valence-corrected chi connectivity index (χ1v) is 9.15. The van der Waals surface area contributed by atoms with E-state index in [1.54, 1.807) is 0 Å². The summed E-state index contributed by atoms with van der Waals surface area (Å²) in [6.07, 6.45) is 8.82. The molecule has 2 nitrogen and oxygen atoms in total. The lowest BCUT2D eigenvalue weighted by atomic mass is 9.68. The molecule has 2 rings (SSSR count). The van der Waals surface area contributed by atoms with Gasteiger partial charge >= 0.3 is 0 Å². The van der Waals surface area contributed by atoms with Gasteiger partial charge in [-0.15, -0.1) is 0 Å². The van der Waals surface area contributed by atoms with Crippen molar-refractivity contribution < 1.29 is 5.11 Å². The summed E-state index contributed by atoms with van der Waals surface area (Å²) < 4.78 is 0. The van der Waals surface area contributed by atoms with E-state index in [0.29, 0.717) is 11.3 Å². The molecule has 0 heterocycles. The highest BCUT2D eigenvalue weighted by molar-refractivity contribution is 4.88. The van der Waals surface area contributed by atoms with Crippen LogP contribution < -0.4 is 0 Å². The fourth-order valence-electron chi connectivity index (χ4n) is 4.55.